The molecule has 0 atom stereocenters. The van der Waals surface area contributed by atoms with Crippen LogP contribution in [0.1, 0.15) is 17.3 Å². The lowest BCUT2D eigenvalue weighted by Gasteiger charge is -2.34. The van der Waals surface area contributed by atoms with Crippen LogP contribution < -0.4 is 0 Å². The summed E-state index contributed by atoms with van der Waals surface area (Å²) in [5, 5.41) is 0. The quantitative estimate of drug-likeness (QED) is 0.785. The lowest BCUT2D eigenvalue weighted by Crippen LogP contribution is -2.50. The first-order valence-electron chi connectivity index (χ1n) is 8.01. The zero-order valence-corrected chi connectivity index (χ0v) is 15.5. The SMILES string of the molecule is CCOC(=O)N1CCN(C(=O)c2ccc(S(=O)(=O)N(C)C)cc2)CC1. The second-order valence-electron chi connectivity index (χ2n) is 5.79. The van der Waals surface area contributed by atoms with Gasteiger partial charge in [0.2, 0.25) is 10.0 Å². The molecule has 1 heterocycles. The number of piperazine rings is 1. The molecule has 0 N–H and O–H groups in total. The van der Waals surface area contributed by atoms with E-state index in [0.29, 0.717) is 38.3 Å². The standard InChI is InChI=1S/C16H23N3O5S/c1-4-24-16(21)19-11-9-18(10-12-19)15(20)13-5-7-14(8-6-13)25(22,23)17(2)3/h5-8H,4,9-12H2,1-3H3. The molecule has 0 spiro atoms. The van der Waals surface area contributed by atoms with Crippen LogP contribution in [-0.4, -0.2) is 81.4 Å². The van der Waals surface area contributed by atoms with E-state index < -0.39 is 10.0 Å². The normalized spacial score (nSPS) is 15.4. The monoisotopic (exact) mass is 369 g/mol. The second-order valence-corrected chi connectivity index (χ2v) is 7.94. The molecule has 0 aromatic heterocycles. The van der Waals surface area contributed by atoms with Gasteiger partial charge in [0.25, 0.3) is 5.91 Å². The number of nitrogens with zero attached hydrogens (tertiary/aromatic N) is 3. The number of sulfonamides is 1. The molecule has 2 rings (SSSR count). The summed E-state index contributed by atoms with van der Waals surface area (Å²) in [7, 11) is -0.605. The van der Waals surface area contributed by atoms with Gasteiger partial charge in [-0.2, -0.15) is 0 Å². The number of benzene rings is 1. The Morgan fingerprint density at radius 1 is 1.04 bits per heavy atom. The molecule has 1 aliphatic heterocycles. The van der Waals surface area contributed by atoms with Gasteiger partial charge in [-0.1, -0.05) is 0 Å². The molecule has 9 heteroatoms. The van der Waals surface area contributed by atoms with Crippen LogP contribution in [0.5, 0.6) is 0 Å². The molecular weight excluding hydrogens is 346 g/mol. The van der Waals surface area contributed by atoms with Crippen molar-refractivity contribution in [1.82, 2.24) is 14.1 Å². The Morgan fingerprint density at radius 3 is 2.04 bits per heavy atom. The highest BCUT2D eigenvalue weighted by atomic mass is 32.2. The Kier molecular flexibility index (Phi) is 6.02. The van der Waals surface area contributed by atoms with Gasteiger partial charge in [-0.25, -0.2) is 17.5 Å². The molecule has 2 amide bonds. The third-order valence-electron chi connectivity index (χ3n) is 3.97. The van der Waals surface area contributed by atoms with Gasteiger partial charge < -0.3 is 14.5 Å². The van der Waals surface area contributed by atoms with Crippen LogP contribution in [0.25, 0.3) is 0 Å². The smallest absolute Gasteiger partial charge is 0.409 e. The van der Waals surface area contributed by atoms with E-state index in [1.165, 1.54) is 38.4 Å². The van der Waals surface area contributed by atoms with E-state index in [1.54, 1.807) is 16.7 Å². The molecule has 0 aliphatic carbocycles. The zero-order chi connectivity index (χ0) is 18.6. The maximum atomic E-state index is 12.5. The maximum absolute atomic E-state index is 12.5. The van der Waals surface area contributed by atoms with Crippen molar-refractivity contribution in [2.45, 2.75) is 11.8 Å². The van der Waals surface area contributed by atoms with Crippen LogP contribution >= 0.6 is 0 Å². The molecule has 0 bridgehead atoms. The Morgan fingerprint density at radius 2 is 1.56 bits per heavy atom. The zero-order valence-electron chi connectivity index (χ0n) is 14.6. The van der Waals surface area contributed by atoms with E-state index >= 15 is 0 Å². The van der Waals surface area contributed by atoms with Crippen LogP contribution in [0.3, 0.4) is 0 Å². The molecule has 8 nitrogen and oxygen atoms in total. The molecule has 1 aliphatic rings. The van der Waals surface area contributed by atoms with Crippen molar-refractivity contribution in [3.05, 3.63) is 29.8 Å². The van der Waals surface area contributed by atoms with Gasteiger partial charge in [-0.3, -0.25) is 4.79 Å². The molecule has 0 saturated carbocycles. The number of rotatable bonds is 4. The van der Waals surface area contributed by atoms with Crippen LogP contribution in [-0.2, 0) is 14.8 Å². The average molecular weight is 369 g/mol. The van der Waals surface area contributed by atoms with Crippen LogP contribution in [0.2, 0.25) is 0 Å². The number of hydrogen-bond acceptors (Lipinski definition) is 5. The highest BCUT2D eigenvalue weighted by Crippen LogP contribution is 2.16. The number of ether oxygens (including phenoxy) is 1. The largest absolute Gasteiger partial charge is 0.450 e. The molecule has 25 heavy (non-hydrogen) atoms. The summed E-state index contributed by atoms with van der Waals surface area (Å²) in [6.07, 6.45) is -0.368. The fraction of sp³-hybridized carbons (Fsp3) is 0.500. The predicted molar refractivity (Wildman–Crippen MR) is 91.8 cm³/mol. The Balaban J connectivity index is 2.01. The van der Waals surface area contributed by atoms with E-state index in [0.717, 1.165) is 4.31 Å². The minimum atomic E-state index is -3.52. The fourth-order valence-electron chi connectivity index (χ4n) is 2.47. The van der Waals surface area contributed by atoms with Crippen molar-refractivity contribution in [2.75, 3.05) is 46.9 Å². The van der Waals surface area contributed by atoms with Crippen molar-refractivity contribution in [3.63, 3.8) is 0 Å². The molecule has 1 saturated heterocycles. The highest BCUT2D eigenvalue weighted by Gasteiger charge is 2.26. The second kappa shape index (κ2) is 7.83. The van der Waals surface area contributed by atoms with Crippen molar-refractivity contribution in [3.8, 4) is 0 Å². The molecule has 1 aromatic carbocycles. The van der Waals surface area contributed by atoms with Crippen molar-refractivity contribution >= 4 is 22.0 Å². The van der Waals surface area contributed by atoms with Gasteiger partial charge >= 0.3 is 6.09 Å². The third kappa shape index (κ3) is 4.29. The van der Waals surface area contributed by atoms with E-state index in [1.807, 2.05) is 0 Å². The first-order valence-corrected chi connectivity index (χ1v) is 9.45. The van der Waals surface area contributed by atoms with E-state index in [2.05, 4.69) is 0 Å². The molecule has 0 unspecified atom stereocenters. The summed E-state index contributed by atoms with van der Waals surface area (Å²) in [6, 6.07) is 5.88. The van der Waals surface area contributed by atoms with Crippen LogP contribution in [0, 0.1) is 0 Å². The van der Waals surface area contributed by atoms with E-state index in [9.17, 15) is 18.0 Å². The number of hydrogen-bond donors (Lipinski definition) is 0. The Hall–Kier alpha value is -2.13. The summed E-state index contributed by atoms with van der Waals surface area (Å²) in [5.74, 6) is -0.183. The summed E-state index contributed by atoms with van der Waals surface area (Å²) in [6.45, 7) is 3.72. The first-order chi connectivity index (χ1) is 11.8. The fourth-order valence-corrected chi connectivity index (χ4v) is 3.37. The van der Waals surface area contributed by atoms with E-state index in [4.69, 9.17) is 4.74 Å². The molecule has 1 fully saturated rings. The van der Waals surface area contributed by atoms with E-state index in [-0.39, 0.29) is 16.9 Å². The minimum Gasteiger partial charge on any atom is -0.450 e. The van der Waals surface area contributed by atoms with Gasteiger partial charge in [-0.05, 0) is 31.2 Å². The summed E-state index contributed by atoms with van der Waals surface area (Å²) < 4.78 is 30.2. The van der Waals surface area contributed by atoms with Crippen LogP contribution in [0.4, 0.5) is 4.79 Å². The maximum Gasteiger partial charge on any atom is 0.409 e. The molecule has 0 radical (unpaired) electrons. The molecular formula is C16H23N3O5S. The Labute approximate surface area is 148 Å². The highest BCUT2D eigenvalue weighted by molar-refractivity contribution is 7.89. The van der Waals surface area contributed by atoms with Gasteiger partial charge in [0.05, 0.1) is 11.5 Å². The first kappa shape index (κ1) is 19.2. The summed E-state index contributed by atoms with van der Waals surface area (Å²) in [5.41, 5.74) is 0.419. The third-order valence-corrected chi connectivity index (χ3v) is 5.80. The molecule has 1 aromatic rings. The van der Waals surface area contributed by atoms with Gasteiger partial charge in [0.1, 0.15) is 0 Å². The van der Waals surface area contributed by atoms with Gasteiger partial charge in [0, 0.05) is 45.8 Å². The predicted octanol–water partition coefficient (Wildman–Crippen LogP) is 0.851. The lowest BCUT2D eigenvalue weighted by atomic mass is 10.2. The average Bonchev–Trinajstić information content (AvgIpc) is 2.61. The molecule has 138 valence electrons. The number of carbonyl (C=O) groups is 2. The van der Waals surface area contributed by atoms with Gasteiger partial charge in [-0.15, -0.1) is 0 Å². The summed E-state index contributed by atoms with van der Waals surface area (Å²) in [4.78, 5) is 27.6. The Bertz CT molecular complexity index is 723. The van der Waals surface area contributed by atoms with Crippen molar-refractivity contribution < 1.29 is 22.7 Å². The summed E-state index contributed by atoms with van der Waals surface area (Å²) >= 11 is 0. The number of carbonyl (C=O) groups excluding carboxylic acids is 2. The topological polar surface area (TPSA) is 87.2 Å². The van der Waals surface area contributed by atoms with Gasteiger partial charge in [0.15, 0.2) is 0 Å². The van der Waals surface area contributed by atoms with Crippen molar-refractivity contribution in [2.24, 2.45) is 0 Å². The van der Waals surface area contributed by atoms with Crippen molar-refractivity contribution in [1.29, 1.82) is 0 Å². The van der Waals surface area contributed by atoms with Crippen LogP contribution in [0.15, 0.2) is 29.2 Å². The minimum absolute atomic E-state index is 0.140. The number of amides is 2. The lowest BCUT2D eigenvalue weighted by molar-refractivity contribution is 0.0570.